The Bertz CT molecular complexity index is 1830. The molecule has 0 aliphatic carbocycles. The molecular weight excluding hydrogens is 611 g/mol. The van der Waals surface area contributed by atoms with Crippen LogP contribution in [0.1, 0.15) is 36.1 Å². The minimum atomic E-state index is -0.674. The lowest BCUT2D eigenvalue weighted by atomic mass is 9.95. The second-order valence-electron chi connectivity index (χ2n) is 9.11. The van der Waals surface area contributed by atoms with Gasteiger partial charge < -0.3 is 14.2 Å². The summed E-state index contributed by atoms with van der Waals surface area (Å²) in [7, 11) is 2.83. The number of thiazole rings is 1. The first-order valence-corrected chi connectivity index (χ1v) is 14.4. The molecular formula is C31H26BrFN2O5S. The number of halogens is 2. The molecule has 0 saturated carbocycles. The fraction of sp³-hybridized carbons (Fsp3) is 0.194. The molecule has 0 radical (unpaired) electrons. The Kier molecular flexibility index (Phi) is 8.51. The molecule has 0 unspecified atom stereocenters. The standard InChI is InChI=1S/C31H26BrFN2O5S/c1-4-23-26(30(37)39-3)27(19-10-6-5-7-11-19)35-29(36)25(41-31(35)34-23)16-18-14-21(32)28(24(15-18)38-2)40-17-20-12-8-9-13-22(20)33/h5-16,27H,4,17H2,1-3H3/b25-16-/t27-/m0/s1. The van der Waals surface area contributed by atoms with Crippen molar-refractivity contribution >= 4 is 39.3 Å². The zero-order chi connectivity index (χ0) is 29.1. The Balaban J connectivity index is 1.59. The van der Waals surface area contributed by atoms with E-state index in [9.17, 15) is 14.0 Å². The van der Waals surface area contributed by atoms with Crippen molar-refractivity contribution < 1.29 is 23.4 Å². The maximum absolute atomic E-state index is 14.1. The zero-order valence-electron chi connectivity index (χ0n) is 22.5. The van der Waals surface area contributed by atoms with Crippen LogP contribution in [0.3, 0.4) is 0 Å². The van der Waals surface area contributed by atoms with Crippen LogP contribution in [0.4, 0.5) is 4.39 Å². The van der Waals surface area contributed by atoms with Crippen LogP contribution in [-0.4, -0.2) is 24.8 Å². The highest BCUT2D eigenvalue weighted by molar-refractivity contribution is 9.10. The second kappa shape index (κ2) is 12.2. The number of fused-ring (bicyclic) bond motifs is 1. The van der Waals surface area contributed by atoms with E-state index in [4.69, 9.17) is 19.2 Å². The number of esters is 1. The van der Waals surface area contributed by atoms with E-state index in [-0.39, 0.29) is 18.0 Å². The van der Waals surface area contributed by atoms with Crippen LogP contribution in [0.5, 0.6) is 11.5 Å². The molecule has 1 aromatic heterocycles. The van der Waals surface area contributed by atoms with Gasteiger partial charge in [-0.25, -0.2) is 14.2 Å². The number of carbonyl (C=O) groups is 1. The number of allylic oxidation sites excluding steroid dienone is 1. The molecule has 1 atom stereocenters. The van der Waals surface area contributed by atoms with Gasteiger partial charge in [-0.2, -0.15) is 0 Å². The van der Waals surface area contributed by atoms with Crippen molar-refractivity contribution in [3.8, 4) is 11.5 Å². The number of hydrogen-bond acceptors (Lipinski definition) is 7. The first kappa shape index (κ1) is 28.5. The van der Waals surface area contributed by atoms with E-state index in [1.165, 1.54) is 31.6 Å². The molecule has 41 heavy (non-hydrogen) atoms. The largest absolute Gasteiger partial charge is 0.493 e. The Morgan fingerprint density at radius 1 is 1.12 bits per heavy atom. The lowest BCUT2D eigenvalue weighted by Gasteiger charge is -2.25. The molecule has 0 amide bonds. The predicted octanol–water partition coefficient (Wildman–Crippen LogP) is 5.29. The number of methoxy groups -OCH3 is 2. The van der Waals surface area contributed by atoms with Gasteiger partial charge in [-0.15, -0.1) is 0 Å². The smallest absolute Gasteiger partial charge is 0.338 e. The third-order valence-electron chi connectivity index (χ3n) is 6.64. The van der Waals surface area contributed by atoms with Crippen LogP contribution in [0, 0.1) is 5.82 Å². The number of carbonyl (C=O) groups excluding carboxylic acids is 1. The van der Waals surface area contributed by atoms with Crippen molar-refractivity contribution in [3.63, 3.8) is 0 Å². The highest BCUT2D eigenvalue weighted by atomic mass is 79.9. The van der Waals surface area contributed by atoms with E-state index < -0.39 is 12.0 Å². The summed E-state index contributed by atoms with van der Waals surface area (Å²) >= 11 is 4.77. The summed E-state index contributed by atoms with van der Waals surface area (Å²) < 4.78 is 33.2. The summed E-state index contributed by atoms with van der Waals surface area (Å²) in [5.41, 5.74) is 2.52. The summed E-state index contributed by atoms with van der Waals surface area (Å²) in [5.74, 6) is -0.0507. The maximum atomic E-state index is 14.1. The number of rotatable bonds is 8. The molecule has 0 bridgehead atoms. The van der Waals surface area contributed by atoms with E-state index in [1.807, 2.05) is 37.3 Å². The highest BCUT2D eigenvalue weighted by Gasteiger charge is 2.33. The predicted molar refractivity (Wildman–Crippen MR) is 158 cm³/mol. The van der Waals surface area contributed by atoms with Crippen LogP contribution in [0.25, 0.3) is 6.08 Å². The third-order valence-corrected chi connectivity index (χ3v) is 8.22. The molecule has 210 valence electrons. The average Bonchev–Trinajstić information content (AvgIpc) is 3.30. The van der Waals surface area contributed by atoms with Gasteiger partial charge in [0, 0.05) is 5.56 Å². The van der Waals surface area contributed by atoms with Crippen molar-refractivity contribution in [2.75, 3.05) is 14.2 Å². The SMILES string of the molecule is CCC1=C(C(=O)OC)[C@H](c2ccccc2)n2c(s/c(=C\c3cc(Br)c(OCc4ccccc4F)c(OC)c3)c2=O)=N1. The lowest BCUT2D eigenvalue weighted by molar-refractivity contribution is -0.136. The minimum absolute atomic E-state index is 0.0152. The molecule has 5 rings (SSSR count). The first-order valence-electron chi connectivity index (χ1n) is 12.8. The molecule has 7 nitrogen and oxygen atoms in total. The molecule has 0 spiro atoms. The van der Waals surface area contributed by atoms with E-state index >= 15 is 0 Å². The monoisotopic (exact) mass is 636 g/mol. The molecule has 0 fully saturated rings. The van der Waals surface area contributed by atoms with Gasteiger partial charge in [-0.05, 0) is 57.8 Å². The van der Waals surface area contributed by atoms with Crippen molar-refractivity contribution in [3.05, 3.63) is 125 Å². The minimum Gasteiger partial charge on any atom is -0.493 e. The molecule has 1 aliphatic rings. The summed E-state index contributed by atoms with van der Waals surface area (Å²) in [5, 5.41) is 0. The van der Waals surface area contributed by atoms with Gasteiger partial charge in [0.1, 0.15) is 12.4 Å². The van der Waals surface area contributed by atoms with Gasteiger partial charge in [0.2, 0.25) is 0 Å². The van der Waals surface area contributed by atoms with Crippen LogP contribution < -0.4 is 24.4 Å². The van der Waals surface area contributed by atoms with E-state index in [2.05, 4.69) is 15.9 Å². The quantitative estimate of drug-likeness (QED) is 0.246. The molecule has 0 N–H and O–H groups in total. The van der Waals surface area contributed by atoms with Crippen molar-refractivity contribution in [2.24, 2.45) is 4.99 Å². The van der Waals surface area contributed by atoms with Crippen LogP contribution in [0.15, 0.2) is 92.3 Å². The Hall–Kier alpha value is -4.02. The highest BCUT2D eigenvalue weighted by Crippen LogP contribution is 2.37. The summed E-state index contributed by atoms with van der Waals surface area (Å²) in [4.78, 5) is 32.0. The van der Waals surface area contributed by atoms with Gasteiger partial charge in [-0.3, -0.25) is 9.36 Å². The third kappa shape index (κ3) is 5.62. The number of nitrogens with zero attached hydrogens (tertiary/aromatic N) is 2. The average molecular weight is 638 g/mol. The summed E-state index contributed by atoms with van der Waals surface area (Å²) in [6, 6.07) is 18.6. The maximum Gasteiger partial charge on any atom is 0.338 e. The van der Waals surface area contributed by atoms with Crippen molar-refractivity contribution in [1.82, 2.24) is 4.57 Å². The fourth-order valence-electron chi connectivity index (χ4n) is 4.69. The Morgan fingerprint density at radius 3 is 2.54 bits per heavy atom. The normalized spacial score (nSPS) is 14.9. The van der Waals surface area contributed by atoms with Crippen molar-refractivity contribution in [2.45, 2.75) is 26.0 Å². The van der Waals surface area contributed by atoms with Crippen molar-refractivity contribution in [1.29, 1.82) is 0 Å². The molecule has 3 aromatic carbocycles. The van der Waals surface area contributed by atoms with Gasteiger partial charge in [-0.1, -0.05) is 66.8 Å². The molecule has 10 heteroatoms. The molecule has 0 saturated heterocycles. The van der Waals surface area contributed by atoms with E-state index in [0.717, 1.165) is 5.56 Å². The Labute approximate surface area is 248 Å². The molecule has 1 aliphatic heterocycles. The summed E-state index contributed by atoms with van der Waals surface area (Å²) in [6.07, 6.45) is 2.24. The van der Waals surface area contributed by atoms with Crippen LogP contribution >= 0.6 is 27.3 Å². The van der Waals surface area contributed by atoms with Crippen LogP contribution in [0.2, 0.25) is 0 Å². The van der Waals surface area contributed by atoms with Gasteiger partial charge >= 0.3 is 5.97 Å². The first-order chi connectivity index (χ1) is 19.9. The Morgan fingerprint density at radius 2 is 1.85 bits per heavy atom. The zero-order valence-corrected chi connectivity index (χ0v) is 24.9. The van der Waals surface area contributed by atoms with E-state index in [0.29, 0.717) is 54.1 Å². The number of aromatic nitrogens is 1. The van der Waals surface area contributed by atoms with Gasteiger partial charge in [0.05, 0.1) is 40.5 Å². The second-order valence-corrected chi connectivity index (χ2v) is 11.0. The number of ether oxygens (including phenoxy) is 3. The van der Waals surface area contributed by atoms with E-state index in [1.54, 1.807) is 41.0 Å². The number of hydrogen-bond donors (Lipinski definition) is 0. The van der Waals surface area contributed by atoms with Gasteiger partial charge in [0.25, 0.3) is 5.56 Å². The molecule has 4 aromatic rings. The fourth-order valence-corrected chi connectivity index (χ4v) is 6.29. The number of benzene rings is 3. The van der Waals surface area contributed by atoms with Crippen LogP contribution in [-0.2, 0) is 16.1 Å². The lowest BCUT2D eigenvalue weighted by Crippen LogP contribution is -2.40. The topological polar surface area (TPSA) is 79.1 Å². The molecule has 2 heterocycles. The summed E-state index contributed by atoms with van der Waals surface area (Å²) in [6.45, 7) is 1.93. The van der Waals surface area contributed by atoms with Gasteiger partial charge in [0.15, 0.2) is 16.3 Å².